The molecule has 4 rings (SSSR count). The summed E-state index contributed by atoms with van der Waals surface area (Å²) in [4.78, 5) is 16.3. The van der Waals surface area contributed by atoms with Gasteiger partial charge in [0.2, 0.25) is 0 Å². The molecule has 25 heavy (non-hydrogen) atoms. The van der Waals surface area contributed by atoms with Gasteiger partial charge in [0.05, 0.1) is 11.2 Å². The number of fused-ring (bicyclic) bond motifs is 1. The molecule has 1 aliphatic carbocycles. The number of pyridine rings is 1. The van der Waals surface area contributed by atoms with Gasteiger partial charge >= 0.3 is 6.03 Å². The van der Waals surface area contributed by atoms with Crippen LogP contribution in [0.15, 0.2) is 18.5 Å². The van der Waals surface area contributed by atoms with Gasteiger partial charge in [-0.1, -0.05) is 25.4 Å². The standard InChI is InChI=1S/C18H22ClN5O/c1-18(2)7-15-13(8-21-24(15)10-18)12-6-16(20-9-14(12)19)23-17(25)22-11-4-3-5-11/h6,8-9,11H,3-5,7,10H2,1-2H3,(H2,20,22,23,25). The van der Waals surface area contributed by atoms with Crippen molar-refractivity contribution in [3.8, 4) is 11.1 Å². The molecular formula is C18H22ClN5O. The molecule has 1 fully saturated rings. The Labute approximate surface area is 152 Å². The summed E-state index contributed by atoms with van der Waals surface area (Å²) in [6.07, 6.45) is 7.66. The van der Waals surface area contributed by atoms with E-state index in [9.17, 15) is 4.79 Å². The van der Waals surface area contributed by atoms with E-state index in [4.69, 9.17) is 11.6 Å². The second kappa shape index (κ2) is 6.02. The van der Waals surface area contributed by atoms with Gasteiger partial charge in [0.15, 0.2) is 0 Å². The molecule has 3 heterocycles. The number of carbonyl (C=O) groups is 1. The van der Waals surface area contributed by atoms with Crippen molar-refractivity contribution in [2.24, 2.45) is 5.41 Å². The molecule has 0 unspecified atom stereocenters. The molecule has 2 aromatic heterocycles. The van der Waals surface area contributed by atoms with Gasteiger partial charge in [-0.05, 0) is 37.2 Å². The van der Waals surface area contributed by atoms with Crippen molar-refractivity contribution in [2.75, 3.05) is 5.32 Å². The van der Waals surface area contributed by atoms with E-state index in [0.717, 1.165) is 36.9 Å². The maximum absolute atomic E-state index is 12.1. The SMILES string of the molecule is CC1(C)Cc2c(-c3cc(NC(=O)NC4CCC4)ncc3Cl)cnn2C1. The third kappa shape index (κ3) is 3.23. The van der Waals surface area contributed by atoms with Gasteiger partial charge in [0, 0.05) is 35.6 Å². The van der Waals surface area contributed by atoms with Crippen LogP contribution in [0.25, 0.3) is 11.1 Å². The van der Waals surface area contributed by atoms with Gasteiger partial charge in [-0.15, -0.1) is 0 Å². The van der Waals surface area contributed by atoms with E-state index in [1.54, 1.807) is 6.20 Å². The van der Waals surface area contributed by atoms with Crippen LogP contribution in [0, 0.1) is 5.41 Å². The molecule has 0 atom stereocenters. The molecule has 2 aliphatic rings. The number of anilines is 1. The summed E-state index contributed by atoms with van der Waals surface area (Å²) in [5.74, 6) is 0.494. The van der Waals surface area contributed by atoms with E-state index in [2.05, 4.69) is 34.6 Å². The molecule has 132 valence electrons. The van der Waals surface area contributed by atoms with Crippen molar-refractivity contribution in [3.63, 3.8) is 0 Å². The van der Waals surface area contributed by atoms with Crippen LogP contribution in [0.2, 0.25) is 5.02 Å². The van der Waals surface area contributed by atoms with Gasteiger partial charge in [-0.25, -0.2) is 9.78 Å². The first kappa shape index (κ1) is 16.4. The molecular weight excluding hydrogens is 338 g/mol. The molecule has 0 spiro atoms. The van der Waals surface area contributed by atoms with Gasteiger partial charge in [-0.2, -0.15) is 5.10 Å². The molecule has 0 saturated heterocycles. The second-order valence-electron chi connectivity index (χ2n) is 7.78. The Morgan fingerprint density at radius 1 is 1.32 bits per heavy atom. The number of hydrogen-bond donors (Lipinski definition) is 2. The summed E-state index contributed by atoms with van der Waals surface area (Å²) in [6.45, 7) is 5.37. The normalized spacial score (nSPS) is 18.5. The van der Waals surface area contributed by atoms with E-state index in [1.807, 2.05) is 16.9 Å². The summed E-state index contributed by atoms with van der Waals surface area (Å²) in [5, 5.41) is 10.8. The lowest BCUT2D eigenvalue weighted by molar-refractivity contribution is 0.240. The fourth-order valence-corrected chi connectivity index (χ4v) is 3.68. The van der Waals surface area contributed by atoms with Gasteiger partial charge < -0.3 is 5.32 Å². The van der Waals surface area contributed by atoms with Gasteiger partial charge in [-0.3, -0.25) is 10.00 Å². The van der Waals surface area contributed by atoms with Crippen LogP contribution in [0.5, 0.6) is 0 Å². The van der Waals surface area contributed by atoms with Gasteiger partial charge in [0.25, 0.3) is 0 Å². The Bertz CT molecular complexity index is 825. The third-order valence-electron chi connectivity index (χ3n) is 5.00. The Balaban J connectivity index is 1.58. The average molecular weight is 360 g/mol. The molecule has 2 aromatic rings. The van der Waals surface area contributed by atoms with Crippen molar-refractivity contribution in [1.29, 1.82) is 0 Å². The van der Waals surface area contributed by atoms with Crippen molar-refractivity contribution in [2.45, 2.75) is 52.1 Å². The second-order valence-corrected chi connectivity index (χ2v) is 8.19. The van der Waals surface area contributed by atoms with Crippen LogP contribution in [-0.2, 0) is 13.0 Å². The fourth-order valence-electron chi connectivity index (χ4n) is 3.48. The number of halogens is 1. The number of nitrogens with zero attached hydrogens (tertiary/aromatic N) is 3. The minimum absolute atomic E-state index is 0.196. The van der Waals surface area contributed by atoms with E-state index < -0.39 is 0 Å². The fraction of sp³-hybridized carbons (Fsp3) is 0.500. The molecule has 6 nitrogen and oxygen atoms in total. The highest BCUT2D eigenvalue weighted by Gasteiger charge is 2.32. The van der Waals surface area contributed by atoms with E-state index in [0.29, 0.717) is 10.8 Å². The number of nitrogens with one attached hydrogen (secondary N) is 2. The maximum Gasteiger partial charge on any atom is 0.320 e. The molecule has 0 radical (unpaired) electrons. The summed E-state index contributed by atoms with van der Waals surface area (Å²) in [5.41, 5.74) is 3.25. The number of urea groups is 1. The largest absolute Gasteiger partial charge is 0.335 e. The minimum Gasteiger partial charge on any atom is -0.335 e. The van der Waals surface area contributed by atoms with Crippen LogP contribution in [0.1, 0.15) is 38.8 Å². The van der Waals surface area contributed by atoms with Crippen LogP contribution in [0.3, 0.4) is 0 Å². The van der Waals surface area contributed by atoms with Crippen LogP contribution in [0.4, 0.5) is 10.6 Å². The van der Waals surface area contributed by atoms with Gasteiger partial charge in [0.1, 0.15) is 5.82 Å². The lowest BCUT2D eigenvalue weighted by atomic mass is 9.89. The highest BCUT2D eigenvalue weighted by Crippen LogP contribution is 2.39. The first-order valence-corrected chi connectivity index (χ1v) is 9.07. The molecule has 0 bridgehead atoms. The molecule has 1 aliphatic heterocycles. The summed E-state index contributed by atoms with van der Waals surface area (Å²) in [6, 6.07) is 1.89. The third-order valence-corrected chi connectivity index (χ3v) is 5.30. The summed E-state index contributed by atoms with van der Waals surface area (Å²) in [7, 11) is 0. The molecule has 2 N–H and O–H groups in total. The number of carbonyl (C=O) groups excluding carboxylic acids is 1. The lowest BCUT2D eigenvalue weighted by Gasteiger charge is -2.26. The highest BCUT2D eigenvalue weighted by atomic mass is 35.5. The average Bonchev–Trinajstić information content (AvgIpc) is 3.00. The Morgan fingerprint density at radius 3 is 2.84 bits per heavy atom. The lowest BCUT2D eigenvalue weighted by Crippen LogP contribution is -2.41. The zero-order chi connectivity index (χ0) is 17.6. The Morgan fingerprint density at radius 2 is 2.12 bits per heavy atom. The van der Waals surface area contributed by atoms with E-state index >= 15 is 0 Å². The van der Waals surface area contributed by atoms with Crippen LogP contribution < -0.4 is 10.6 Å². The van der Waals surface area contributed by atoms with Crippen LogP contribution >= 0.6 is 11.6 Å². The first-order valence-electron chi connectivity index (χ1n) is 8.69. The van der Waals surface area contributed by atoms with E-state index in [1.165, 1.54) is 12.1 Å². The van der Waals surface area contributed by atoms with Crippen molar-refractivity contribution in [1.82, 2.24) is 20.1 Å². The first-order chi connectivity index (χ1) is 11.9. The number of hydrogen-bond acceptors (Lipinski definition) is 3. The maximum atomic E-state index is 12.1. The molecule has 1 saturated carbocycles. The number of rotatable bonds is 3. The number of amides is 2. The van der Waals surface area contributed by atoms with Crippen LogP contribution in [-0.4, -0.2) is 26.8 Å². The Hall–Kier alpha value is -2.08. The molecule has 7 heteroatoms. The van der Waals surface area contributed by atoms with E-state index in [-0.39, 0.29) is 17.5 Å². The zero-order valence-corrected chi connectivity index (χ0v) is 15.2. The quantitative estimate of drug-likeness (QED) is 0.874. The number of aromatic nitrogens is 3. The highest BCUT2D eigenvalue weighted by molar-refractivity contribution is 6.33. The predicted molar refractivity (Wildman–Crippen MR) is 97.7 cm³/mol. The van der Waals surface area contributed by atoms with Crippen molar-refractivity contribution >= 4 is 23.4 Å². The zero-order valence-electron chi connectivity index (χ0n) is 14.5. The summed E-state index contributed by atoms with van der Waals surface area (Å²) < 4.78 is 2.04. The summed E-state index contributed by atoms with van der Waals surface area (Å²) >= 11 is 6.39. The monoisotopic (exact) mass is 359 g/mol. The topological polar surface area (TPSA) is 71.8 Å². The predicted octanol–water partition coefficient (Wildman–Crippen LogP) is 3.85. The smallest absolute Gasteiger partial charge is 0.320 e. The Kier molecular flexibility index (Phi) is 3.95. The van der Waals surface area contributed by atoms with Crippen molar-refractivity contribution < 1.29 is 4.79 Å². The molecule has 2 amide bonds. The molecule has 0 aromatic carbocycles. The minimum atomic E-state index is -0.216. The van der Waals surface area contributed by atoms with Crippen molar-refractivity contribution in [3.05, 3.63) is 29.2 Å².